The Labute approximate surface area is 122 Å². The summed E-state index contributed by atoms with van der Waals surface area (Å²) in [5.74, 6) is -0.504. The van der Waals surface area contributed by atoms with Gasteiger partial charge in [0.1, 0.15) is 11.4 Å². The number of rotatable bonds is 4. The highest BCUT2D eigenvalue weighted by Gasteiger charge is 2.64. The van der Waals surface area contributed by atoms with Gasteiger partial charge in [-0.05, 0) is 41.8 Å². The van der Waals surface area contributed by atoms with Crippen molar-refractivity contribution in [2.45, 2.75) is 31.5 Å². The van der Waals surface area contributed by atoms with E-state index in [2.05, 4.69) is 31.5 Å². The van der Waals surface area contributed by atoms with E-state index in [1.807, 2.05) is 6.92 Å². The Morgan fingerprint density at radius 2 is 2.15 bits per heavy atom. The molecule has 1 fully saturated rings. The minimum absolute atomic E-state index is 0.0831. The zero-order valence-corrected chi connectivity index (χ0v) is 12.2. The van der Waals surface area contributed by atoms with Gasteiger partial charge in [0.15, 0.2) is 0 Å². The average Bonchev–Trinajstić information content (AvgIpc) is 3.12. The molecule has 0 aliphatic heterocycles. The van der Waals surface area contributed by atoms with Crippen LogP contribution in [0.2, 0.25) is 0 Å². The van der Waals surface area contributed by atoms with Gasteiger partial charge in [-0.2, -0.15) is 13.2 Å². The number of alkyl halides is 3. The number of carbonyl (C=O) groups is 1. The first-order valence-electron chi connectivity index (χ1n) is 6.08. The summed E-state index contributed by atoms with van der Waals surface area (Å²) in [6.07, 6.45) is -3.12. The minimum Gasteiger partial charge on any atom is -0.370 e. The number of hydrogen-bond donors (Lipinski definition) is 2. The lowest BCUT2D eigenvalue weighted by Gasteiger charge is -2.21. The second kappa shape index (κ2) is 5.23. The van der Waals surface area contributed by atoms with Crippen molar-refractivity contribution in [3.63, 3.8) is 0 Å². The monoisotopic (exact) mass is 351 g/mol. The van der Waals surface area contributed by atoms with Crippen LogP contribution in [0.1, 0.15) is 30.1 Å². The smallest absolute Gasteiger partial charge is 0.370 e. The van der Waals surface area contributed by atoms with Crippen LogP contribution in [0.25, 0.3) is 0 Å². The van der Waals surface area contributed by atoms with Crippen LogP contribution in [0, 0.1) is 0 Å². The van der Waals surface area contributed by atoms with Gasteiger partial charge in [0.05, 0.1) is 5.56 Å². The third kappa shape index (κ3) is 2.89. The highest BCUT2D eigenvalue weighted by molar-refractivity contribution is 9.10. The normalized spacial score (nSPS) is 16.6. The molecule has 1 aliphatic carbocycles. The van der Waals surface area contributed by atoms with Gasteiger partial charge in [0.2, 0.25) is 0 Å². The lowest BCUT2D eigenvalue weighted by atomic mass is 10.2. The summed E-state index contributed by atoms with van der Waals surface area (Å²) in [6, 6.07) is 1.45. The van der Waals surface area contributed by atoms with E-state index in [1.165, 1.54) is 12.3 Å². The molecule has 0 atom stereocenters. The molecule has 4 nitrogen and oxygen atoms in total. The number of nitrogens with one attached hydrogen (secondary N) is 2. The molecule has 8 heteroatoms. The minimum atomic E-state index is -4.43. The van der Waals surface area contributed by atoms with Gasteiger partial charge >= 0.3 is 6.18 Å². The molecule has 2 rings (SSSR count). The predicted molar refractivity (Wildman–Crippen MR) is 71.6 cm³/mol. The van der Waals surface area contributed by atoms with Gasteiger partial charge in [-0.3, -0.25) is 4.79 Å². The number of nitrogens with zero attached hydrogens (tertiary/aromatic N) is 1. The Bertz CT molecular complexity index is 529. The first-order valence-corrected chi connectivity index (χ1v) is 6.87. The second-order valence-electron chi connectivity index (χ2n) is 4.61. The van der Waals surface area contributed by atoms with E-state index >= 15 is 0 Å². The zero-order chi connectivity index (χ0) is 15.0. The maximum Gasteiger partial charge on any atom is 0.411 e. The van der Waals surface area contributed by atoms with Crippen LogP contribution >= 0.6 is 15.9 Å². The number of pyridine rings is 1. The molecule has 1 aliphatic rings. The molecule has 1 aromatic rings. The highest BCUT2D eigenvalue weighted by Crippen LogP contribution is 2.49. The summed E-state index contributed by atoms with van der Waals surface area (Å²) < 4.78 is 39.1. The maximum atomic E-state index is 12.8. The van der Waals surface area contributed by atoms with E-state index in [4.69, 9.17) is 0 Å². The van der Waals surface area contributed by atoms with Crippen molar-refractivity contribution in [1.82, 2.24) is 10.3 Å². The third-order valence-corrected chi connectivity index (χ3v) is 3.52. The van der Waals surface area contributed by atoms with Crippen LogP contribution in [0.3, 0.4) is 0 Å². The summed E-state index contributed by atoms with van der Waals surface area (Å²) >= 11 is 3.16. The lowest BCUT2D eigenvalue weighted by molar-refractivity contribution is -0.163. The van der Waals surface area contributed by atoms with Crippen molar-refractivity contribution in [1.29, 1.82) is 0 Å². The van der Waals surface area contributed by atoms with E-state index in [0.29, 0.717) is 11.0 Å². The van der Waals surface area contributed by atoms with Gasteiger partial charge in [-0.25, -0.2) is 4.98 Å². The van der Waals surface area contributed by atoms with E-state index < -0.39 is 17.6 Å². The number of carbonyl (C=O) groups excluding carboxylic acids is 1. The van der Waals surface area contributed by atoms with Crippen molar-refractivity contribution in [3.05, 3.63) is 22.3 Å². The number of aromatic nitrogens is 1. The molecule has 0 aromatic carbocycles. The Balaban J connectivity index is 2.23. The molecule has 0 radical (unpaired) electrons. The Morgan fingerprint density at radius 3 is 2.65 bits per heavy atom. The molecular formula is C12H13BrF3N3O. The fourth-order valence-electron chi connectivity index (χ4n) is 1.81. The number of halogens is 4. The molecule has 1 heterocycles. The first-order chi connectivity index (χ1) is 9.29. The predicted octanol–water partition coefficient (Wildman–Crippen LogP) is 3.10. The number of amides is 1. The van der Waals surface area contributed by atoms with Crippen molar-refractivity contribution in [3.8, 4) is 0 Å². The van der Waals surface area contributed by atoms with Gasteiger partial charge in [-0.1, -0.05) is 0 Å². The van der Waals surface area contributed by atoms with Crippen LogP contribution in [-0.2, 0) is 0 Å². The summed E-state index contributed by atoms with van der Waals surface area (Å²) in [4.78, 5) is 16.1. The summed E-state index contributed by atoms with van der Waals surface area (Å²) in [7, 11) is 0. The van der Waals surface area contributed by atoms with Crippen LogP contribution in [0.4, 0.5) is 19.0 Å². The molecule has 110 valence electrons. The summed E-state index contributed by atoms with van der Waals surface area (Å²) in [6.45, 7) is 2.32. The summed E-state index contributed by atoms with van der Waals surface area (Å²) in [5, 5.41) is 4.94. The molecule has 0 spiro atoms. The van der Waals surface area contributed by atoms with Gasteiger partial charge in [-0.15, -0.1) is 0 Å². The van der Waals surface area contributed by atoms with Crippen molar-refractivity contribution < 1.29 is 18.0 Å². The molecule has 2 N–H and O–H groups in total. The largest absolute Gasteiger partial charge is 0.411 e. The third-order valence-electron chi connectivity index (χ3n) is 3.09. The topological polar surface area (TPSA) is 54.0 Å². The van der Waals surface area contributed by atoms with Crippen LogP contribution in [-0.4, -0.2) is 29.2 Å². The SMILES string of the molecule is CCNc1ncc(Br)cc1C(=O)NC1(C(F)(F)F)CC1. The lowest BCUT2D eigenvalue weighted by Crippen LogP contribution is -2.48. The fraction of sp³-hybridized carbons (Fsp3) is 0.500. The Hall–Kier alpha value is -1.31. The second-order valence-corrected chi connectivity index (χ2v) is 5.53. The molecule has 1 amide bonds. The van der Waals surface area contributed by atoms with Crippen molar-refractivity contribution in [2.75, 3.05) is 11.9 Å². The van der Waals surface area contributed by atoms with Gasteiger partial charge in [0.25, 0.3) is 5.91 Å². The number of anilines is 1. The van der Waals surface area contributed by atoms with E-state index in [9.17, 15) is 18.0 Å². The quantitative estimate of drug-likeness (QED) is 0.876. The standard InChI is InChI=1S/C12H13BrF3N3O/c1-2-17-9-8(5-7(13)6-18-9)10(20)19-11(3-4-11)12(14,15)16/h5-6H,2-4H2,1H3,(H,17,18)(H,19,20). The molecule has 0 saturated heterocycles. The molecule has 1 saturated carbocycles. The first kappa shape index (κ1) is 15.1. The zero-order valence-electron chi connectivity index (χ0n) is 10.6. The molecule has 0 bridgehead atoms. The van der Waals surface area contributed by atoms with Crippen molar-refractivity contribution >= 4 is 27.7 Å². The van der Waals surface area contributed by atoms with E-state index in [-0.39, 0.29) is 24.2 Å². The number of hydrogen-bond acceptors (Lipinski definition) is 3. The molecule has 0 unspecified atom stereocenters. The highest BCUT2D eigenvalue weighted by atomic mass is 79.9. The average molecular weight is 352 g/mol. The van der Waals surface area contributed by atoms with Crippen LogP contribution < -0.4 is 10.6 Å². The molecule has 20 heavy (non-hydrogen) atoms. The molecule has 1 aromatic heterocycles. The van der Waals surface area contributed by atoms with Gasteiger partial charge < -0.3 is 10.6 Å². The van der Waals surface area contributed by atoms with Crippen LogP contribution in [0.5, 0.6) is 0 Å². The van der Waals surface area contributed by atoms with Crippen LogP contribution in [0.15, 0.2) is 16.7 Å². The fourth-order valence-corrected chi connectivity index (χ4v) is 2.14. The van der Waals surface area contributed by atoms with Gasteiger partial charge in [0, 0.05) is 17.2 Å². The molecular weight excluding hydrogens is 339 g/mol. The van der Waals surface area contributed by atoms with Crippen molar-refractivity contribution in [2.24, 2.45) is 0 Å². The van der Waals surface area contributed by atoms with E-state index in [0.717, 1.165) is 0 Å². The van der Waals surface area contributed by atoms with E-state index in [1.54, 1.807) is 0 Å². The Morgan fingerprint density at radius 1 is 1.50 bits per heavy atom. The summed E-state index contributed by atoms with van der Waals surface area (Å²) in [5.41, 5.74) is -1.98. The Kier molecular flexibility index (Phi) is 3.95. The maximum absolute atomic E-state index is 12.8.